The number of aliphatic hydroxyl groups is 1. The van der Waals surface area contributed by atoms with Crippen LogP contribution in [0.1, 0.15) is 36.6 Å². The first kappa shape index (κ1) is 23.5. The Hall–Kier alpha value is -3.19. The predicted molar refractivity (Wildman–Crippen MR) is 122 cm³/mol. The summed E-state index contributed by atoms with van der Waals surface area (Å²) in [5.74, 6) is -2.20. The SMILES string of the molecule is Cc1cc(/C(O)=C2/C(=O)C(=O)N(CCOC(C)C)C2c2ccc(N(C)C)cc2)ccc1F. The second kappa shape index (κ2) is 9.53. The van der Waals surface area contributed by atoms with E-state index in [0.29, 0.717) is 11.1 Å². The van der Waals surface area contributed by atoms with Gasteiger partial charge in [-0.1, -0.05) is 12.1 Å². The molecule has 0 aromatic heterocycles. The molecule has 1 unspecified atom stereocenters. The molecule has 1 aliphatic heterocycles. The first-order valence-electron chi connectivity index (χ1n) is 10.6. The number of rotatable bonds is 7. The monoisotopic (exact) mass is 440 g/mol. The number of nitrogens with zero attached hydrogens (tertiary/aromatic N) is 2. The van der Waals surface area contributed by atoms with Crippen molar-refractivity contribution in [3.8, 4) is 0 Å². The summed E-state index contributed by atoms with van der Waals surface area (Å²) in [6.07, 6.45) is -0.0214. The molecule has 0 spiro atoms. The van der Waals surface area contributed by atoms with Crippen molar-refractivity contribution in [3.63, 3.8) is 0 Å². The van der Waals surface area contributed by atoms with E-state index in [1.807, 2.05) is 57.1 Å². The third-order valence-corrected chi connectivity index (χ3v) is 5.48. The number of hydrogen-bond donors (Lipinski definition) is 1. The van der Waals surface area contributed by atoms with Crippen molar-refractivity contribution < 1.29 is 23.8 Å². The van der Waals surface area contributed by atoms with E-state index in [1.54, 1.807) is 6.92 Å². The van der Waals surface area contributed by atoms with Crippen molar-refractivity contribution in [2.45, 2.75) is 32.9 Å². The lowest BCUT2D eigenvalue weighted by Gasteiger charge is -2.26. The highest BCUT2D eigenvalue weighted by atomic mass is 19.1. The molecule has 32 heavy (non-hydrogen) atoms. The van der Waals surface area contributed by atoms with Gasteiger partial charge in [0.2, 0.25) is 0 Å². The van der Waals surface area contributed by atoms with Gasteiger partial charge in [0.15, 0.2) is 0 Å². The molecule has 1 fully saturated rings. The molecular formula is C25H29FN2O4. The molecule has 2 aromatic carbocycles. The minimum atomic E-state index is -0.771. The number of likely N-dealkylation sites (tertiary alicyclic amines) is 1. The van der Waals surface area contributed by atoms with Gasteiger partial charge in [0.1, 0.15) is 11.6 Å². The second-order valence-corrected chi connectivity index (χ2v) is 8.36. The fraction of sp³-hybridized carbons (Fsp3) is 0.360. The average molecular weight is 441 g/mol. The van der Waals surface area contributed by atoms with E-state index in [-0.39, 0.29) is 36.2 Å². The number of amides is 1. The van der Waals surface area contributed by atoms with E-state index in [4.69, 9.17) is 4.74 Å². The normalized spacial score (nSPS) is 18.0. The molecule has 1 aliphatic rings. The zero-order chi connectivity index (χ0) is 23.6. The molecule has 1 heterocycles. The lowest BCUT2D eigenvalue weighted by atomic mass is 9.94. The van der Waals surface area contributed by atoms with Crippen molar-refractivity contribution in [2.75, 3.05) is 32.1 Å². The van der Waals surface area contributed by atoms with Crippen LogP contribution in [0.15, 0.2) is 48.0 Å². The fourth-order valence-electron chi connectivity index (χ4n) is 3.75. The highest BCUT2D eigenvalue weighted by Gasteiger charge is 2.45. The number of aliphatic hydroxyl groups excluding tert-OH is 1. The number of carbonyl (C=O) groups excluding carboxylic acids is 2. The summed E-state index contributed by atoms with van der Waals surface area (Å²) < 4.78 is 19.3. The summed E-state index contributed by atoms with van der Waals surface area (Å²) in [7, 11) is 3.84. The number of aryl methyl sites for hydroxylation is 1. The van der Waals surface area contributed by atoms with Crippen LogP contribution < -0.4 is 4.90 Å². The van der Waals surface area contributed by atoms with Crippen molar-refractivity contribution in [1.82, 2.24) is 4.90 Å². The third-order valence-electron chi connectivity index (χ3n) is 5.48. The Labute approximate surface area is 187 Å². The van der Waals surface area contributed by atoms with Crippen LogP contribution in [0, 0.1) is 12.7 Å². The Bertz CT molecular complexity index is 1040. The van der Waals surface area contributed by atoms with Crippen LogP contribution in [-0.4, -0.2) is 55.0 Å². The van der Waals surface area contributed by atoms with Crippen molar-refractivity contribution in [1.29, 1.82) is 0 Å². The van der Waals surface area contributed by atoms with Crippen LogP contribution >= 0.6 is 0 Å². The minimum absolute atomic E-state index is 0.0110. The summed E-state index contributed by atoms with van der Waals surface area (Å²) in [5.41, 5.74) is 2.27. The molecule has 1 amide bonds. The number of halogens is 1. The van der Waals surface area contributed by atoms with E-state index in [0.717, 1.165) is 5.69 Å². The number of benzene rings is 2. The number of hydrogen-bond acceptors (Lipinski definition) is 5. The van der Waals surface area contributed by atoms with Gasteiger partial charge in [-0.25, -0.2) is 4.39 Å². The van der Waals surface area contributed by atoms with Gasteiger partial charge in [0, 0.05) is 31.9 Å². The molecule has 7 heteroatoms. The minimum Gasteiger partial charge on any atom is -0.507 e. The average Bonchev–Trinajstić information content (AvgIpc) is 3.00. The van der Waals surface area contributed by atoms with Gasteiger partial charge in [-0.05, 0) is 62.2 Å². The number of Topliss-reactive ketones (excluding diaryl/α,β-unsaturated/α-hetero) is 1. The maximum Gasteiger partial charge on any atom is 0.295 e. The largest absolute Gasteiger partial charge is 0.507 e. The predicted octanol–water partition coefficient (Wildman–Crippen LogP) is 4.05. The highest BCUT2D eigenvalue weighted by molar-refractivity contribution is 6.46. The lowest BCUT2D eigenvalue weighted by Crippen LogP contribution is -2.33. The van der Waals surface area contributed by atoms with Crippen molar-refractivity contribution in [3.05, 3.63) is 70.5 Å². The van der Waals surface area contributed by atoms with Crippen LogP contribution in [0.5, 0.6) is 0 Å². The first-order valence-corrected chi connectivity index (χ1v) is 10.6. The molecule has 0 aliphatic carbocycles. The molecule has 0 bridgehead atoms. The van der Waals surface area contributed by atoms with Gasteiger partial charge in [-0.2, -0.15) is 0 Å². The Morgan fingerprint density at radius 3 is 2.38 bits per heavy atom. The molecule has 1 saturated heterocycles. The van der Waals surface area contributed by atoms with E-state index in [9.17, 15) is 19.1 Å². The topological polar surface area (TPSA) is 70.1 Å². The van der Waals surface area contributed by atoms with Gasteiger partial charge in [-0.3, -0.25) is 9.59 Å². The van der Waals surface area contributed by atoms with Gasteiger partial charge >= 0.3 is 0 Å². The van der Waals surface area contributed by atoms with Crippen molar-refractivity contribution >= 4 is 23.1 Å². The Morgan fingerprint density at radius 1 is 1.16 bits per heavy atom. The summed E-state index contributed by atoms with van der Waals surface area (Å²) in [6.45, 7) is 5.81. The van der Waals surface area contributed by atoms with Gasteiger partial charge < -0.3 is 19.6 Å². The van der Waals surface area contributed by atoms with Crippen LogP contribution in [0.25, 0.3) is 5.76 Å². The number of anilines is 1. The summed E-state index contributed by atoms with van der Waals surface area (Å²) >= 11 is 0. The number of carbonyl (C=O) groups is 2. The van der Waals surface area contributed by atoms with E-state index in [1.165, 1.54) is 23.1 Å². The Balaban J connectivity index is 2.10. The summed E-state index contributed by atoms with van der Waals surface area (Å²) in [6, 6.07) is 10.8. The van der Waals surface area contributed by atoms with Crippen LogP contribution in [0.3, 0.4) is 0 Å². The lowest BCUT2D eigenvalue weighted by molar-refractivity contribution is -0.140. The van der Waals surface area contributed by atoms with Crippen molar-refractivity contribution in [2.24, 2.45) is 0 Å². The Kier molecular flexibility index (Phi) is 6.99. The maximum atomic E-state index is 13.7. The number of ketones is 1. The molecule has 0 saturated carbocycles. The zero-order valence-electron chi connectivity index (χ0n) is 19.1. The number of ether oxygens (including phenoxy) is 1. The standard InChI is InChI=1S/C25H29FN2O4/c1-15(2)32-13-12-28-22(17-6-9-19(10-7-17)27(4)5)21(24(30)25(28)31)23(29)18-8-11-20(26)16(3)14-18/h6-11,14-15,22,29H,12-13H2,1-5H3/b23-21-. The van der Waals surface area contributed by atoms with Gasteiger partial charge in [0.05, 0.1) is 24.3 Å². The molecule has 1 atom stereocenters. The quantitative estimate of drug-likeness (QED) is 0.400. The Morgan fingerprint density at radius 2 is 1.81 bits per heavy atom. The smallest absolute Gasteiger partial charge is 0.295 e. The second-order valence-electron chi connectivity index (χ2n) is 8.36. The van der Waals surface area contributed by atoms with E-state index < -0.39 is 23.5 Å². The fourth-order valence-corrected chi connectivity index (χ4v) is 3.75. The summed E-state index contributed by atoms with van der Waals surface area (Å²) in [5, 5.41) is 11.0. The molecule has 3 rings (SSSR count). The van der Waals surface area contributed by atoms with Crippen LogP contribution in [0.4, 0.5) is 10.1 Å². The van der Waals surface area contributed by atoms with Gasteiger partial charge in [0.25, 0.3) is 11.7 Å². The van der Waals surface area contributed by atoms with Gasteiger partial charge in [-0.15, -0.1) is 0 Å². The van der Waals surface area contributed by atoms with E-state index in [2.05, 4.69) is 0 Å². The van der Waals surface area contributed by atoms with Crippen LogP contribution in [0.2, 0.25) is 0 Å². The molecule has 1 N–H and O–H groups in total. The zero-order valence-corrected chi connectivity index (χ0v) is 19.1. The first-order chi connectivity index (χ1) is 15.1. The molecular weight excluding hydrogens is 411 g/mol. The molecule has 2 aromatic rings. The maximum absolute atomic E-state index is 13.7. The summed E-state index contributed by atoms with van der Waals surface area (Å²) in [4.78, 5) is 29.3. The molecule has 6 nitrogen and oxygen atoms in total. The molecule has 170 valence electrons. The highest BCUT2D eigenvalue weighted by Crippen LogP contribution is 2.39. The van der Waals surface area contributed by atoms with E-state index >= 15 is 0 Å². The third kappa shape index (κ3) is 4.67. The molecule has 0 radical (unpaired) electrons. The van der Waals surface area contributed by atoms with Crippen LogP contribution in [-0.2, 0) is 14.3 Å².